The second-order valence-electron chi connectivity index (χ2n) is 10.8. The number of rotatable bonds is 8. The molecule has 3 aliphatic rings. The first kappa shape index (κ1) is 29.1. The van der Waals surface area contributed by atoms with Gasteiger partial charge in [-0.3, -0.25) is 19.5 Å². The van der Waals surface area contributed by atoms with Crippen molar-refractivity contribution in [1.82, 2.24) is 14.8 Å². The fraction of sp³-hybridized carbons (Fsp3) is 0.484. The molecule has 0 N–H and O–H groups in total. The molecule has 2 amide bonds. The van der Waals surface area contributed by atoms with Crippen LogP contribution in [0.25, 0.3) is 0 Å². The maximum Gasteiger partial charge on any atom is 0.246 e. The summed E-state index contributed by atoms with van der Waals surface area (Å²) in [5, 5.41) is 0.510. The number of para-hydroxylation sites is 1. The van der Waals surface area contributed by atoms with E-state index in [9.17, 15) is 9.59 Å². The maximum absolute atomic E-state index is 13.1. The van der Waals surface area contributed by atoms with Crippen LogP contribution in [-0.2, 0) is 27.2 Å². The van der Waals surface area contributed by atoms with E-state index in [1.807, 2.05) is 12.1 Å². The molecular weight excluding hydrogens is 540 g/mol. The van der Waals surface area contributed by atoms with E-state index in [0.717, 1.165) is 42.5 Å². The summed E-state index contributed by atoms with van der Waals surface area (Å²) >= 11 is 7.00. The van der Waals surface area contributed by atoms with Crippen molar-refractivity contribution >= 4 is 47.1 Å². The number of nitrogens with zero attached hydrogens (tertiary/aromatic N) is 6. The van der Waals surface area contributed by atoms with Gasteiger partial charge in [-0.25, -0.2) is 4.98 Å². The normalized spacial score (nSPS) is 22.3. The molecule has 218 valence electrons. The van der Waals surface area contributed by atoms with Gasteiger partial charge in [-0.15, -0.1) is 0 Å². The number of ether oxygens (including phenoxy) is 1. The first-order chi connectivity index (χ1) is 19.8. The minimum atomic E-state index is -0.0828. The van der Waals surface area contributed by atoms with Crippen molar-refractivity contribution in [3.63, 3.8) is 0 Å². The van der Waals surface area contributed by atoms with E-state index in [4.69, 9.17) is 26.3 Å². The van der Waals surface area contributed by atoms with Gasteiger partial charge in [0.2, 0.25) is 12.3 Å². The van der Waals surface area contributed by atoms with Gasteiger partial charge >= 0.3 is 0 Å². The third kappa shape index (κ3) is 5.33. The van der Waals surface area contributed by atoms with Gasteiger partial charge in [-0.2, -0.15) is 0 Å². The number of hydrogen-bond donors (Lipinski definition) is 0. The number of hydrogen-bond acceptors (Lipinski definition) is 6. The number of anilines is 3. The summed E-state index contributed by atoms with van der Waals surface area (Å²) < 4.78 is 5.84. The summed E-state index contributed by atoms with van der Waals surface area (Å²) in [7, 11) is 1.74. The molecule has 0 saturated carbocycles. The number of fused-ring (bicyclic) bond motifs is 2. The van der Waals surface area contributed by atoms with Gasteiger partial charge in [-0.1, -0.05) is 50.2 Å². The predicted octanol–water partition coefficient (Wildman–Crippen LogP) is 4.23. The van der Waals surface area contributed by atoms with Crippen molar-refractivity contribution in [2.45, 2.75) is 58.2 Å². The molecule has 1 aromatic heterocycles. The molecule has 9 nitrogen and oxygen atoms in total. The molecule has 3 atom stereocenters. The number of carbonyl (C=O) groups excluding carboxylic acids is 2. The number of carbonyl (C=O) groups is 2. The fourth-order valence-electron chi connectivity index (χ4n) is 6.42. The van der Waals surface area contributed by atoms with Crippen LogP contribution in [0.2, 0.25) is 5.02 Å². The number of halogens is 1. The molecular formula is C31H39ClN6O3. The minimum Gasteiger partial charge on any atom is -0.374 e. The van der Waals surface area contributed by atoms with Crippen LogP contribution in [0, 0.1) is 0 Å². The lowest BCUT2D eigenvalue weighted by molar-refractivity contribution is -0.128. The third-order valence-electron chi connectivity index (χ3n) is 8.49. The molecule has 4 heterocycles. The molecule has 0 radical (unpaired) electrons. The van der Waals surface area contributed by atoms with Crippen LogP contribution in [-0.4, -0.2) is 91.0 Å². The van der Waals surface area contributed by atoms with Gasteiger partial charge < -0.3 is 19.4 Å². The van der Waals surface area contributed by atoms with E-state index in [1.54, 1.807) is 16.8 Å². The Hall–Kier alpha value is -3.43. The average molecular weight is 579 g/mol. The SMILES string of the molecule is C=CC(=O)N1CCN(/C(=N/C)c2cc(Cl)c(N3CC4CC3CO4)nc2N(C=O)c2c(CC)cccc2CC)C(C)C1. The molecule has 41 heavy (non-hydrogen) atoms. The Kier molecular flexibility index (Phi) is 8.66. The number of pyridine rings is 1. The smallest absolute Gasteiger partial charge is 0.246 e. The monoisotopic (exact) mass is 578 g/mol. The minimum absolute atomic E-state index is 0.0251. The average Bonchev–Trinajstić information content (AvgIpc) is 3.63. The quantitative estimate of drug-likeness (QED) is 0.202. The van der Waals surface area contributed by atoms with Crippen molar-refractivity contribution in [2.75, 3.05) is 49.6 Å². The van der Waals surface area contributed by atoms with E-state index in [0.29, 0.717) is 60.8 Å². The highest BCUT2D eigenvalue weighted by Gasteiger charge is 2.41. The Morgan fingerprint density at radius 3 is 2.51 bits per heavy atom. The highest BCUT2D eigenvalue weighted by atomic mass is 35.5. The molecule has 0 spiro atoms. The van der Waals surface area contributed by atoms with Crippen molar-refractivity contribution < 1.29 is 14.3 Å². The van der Waals surface area contributed by atoms with E-state index < -0.39 is 0 Å². The summed E-state index contributed by atoms with van der Waals surface area (Å²) in [6, 6.07) is 8.24. The van der Waals surface area contributed by atoms with Crippen LogP contribution in [0.15, 0.2) is 41.9 Å². The van der Waals surface area contributed by atoms with Crippen LogP contribution in [0.1, 0.15) is 43.9 Å². The van der Waals surface area contributed by atoms with Gasteiger partial charge in [0.15, 0.2) is 5.82 Å². The number of benzene rings is 1. The molecule has 3 fully saturated rings. The van der Waals surface area contributed by atoms with Crippen molar-refractivity contribution in [3.8, 4) is 0 Å². The first-order valence-electron chi connectivity index (χ1n) is 14.4. The number of piperazine rings is 1. The number of amides is 2. The fourth-order valence-corrected chi connectivity index (χ4v) is 6.68. The lowest BCUT2D eigenvalue weighted by Crippen LogP contribution is -2.55. The summed E-state index contributed by atoms with van der Waals surface area (Å²) in [5.41, 5.74) is 3.66. The summed E-state index contributed by atoms with van der Waals surface area (Å²) in [6.45, 7) is 12.9. The van der Waals surface area contributed by atoms with Crippen LogP contribution in [0.3, 0.4) is 0 Å². The van der Waals surface area contributed by atoms with E-state index in [2.05, 4.69) is 49.3 Å². The largest absolute Gasteiger partial charge is 0.374 e. The zero-order valence-electron chi connectivity index (χ0n) is 24.3. The van der Waals surface area contributed by atoms with Gasteiger partial charge in [0, 0.05) is 39.3 Å². The molecule has 0 aliphatic carbocycles. The molecule has 3 aliphatic heterocycles. The predicted molar refractivity (Wildman–Crippen MR) is 164 cm³/mol. The standard InChI is InChI=1S/C31H39ClN6O3/c1-6-21-10-9-11-22(7-2)28(21)38(19-39)30-25(15-26(32)31(34-30)37-17-24-14-23(37)18-41-24)29(33-5)36-13-12-35(16-20(36)4)27(40)8-3/h8-11,15,19-20,23-24H,3,6-7,12-14,16-18H2,1-2,4-5H3/b33-29+. The van der Waals surface area contributed by atoms with Crippen LogP contribution >= 0.6 is 11.6 Å². The molecule has 10 heteroatoms. The van der Waals surface area contributed by atoms with Crippen LogP contribution in [0.4, 0.5) is 17.3 Å². The van der Waals surface area contributed by atoms with Gasteiger partial charge in [-0.05, 0) is 49.5 Å². The highest BCUT2D eigenvalue weighted by Crippen LogP contribution is 2.41. The Morgan fingerprint density at radius 2 is 1.98 bits per heavy atom. The zero-order valence-corrected chi connectivity index (χ0v) is 25.1. The zero-order chi connectivity index (χ0) is 29.3. The lowest BCUT2D eigenvalue weighted by atomic mass is 10.0. The highest BCUT2D eigenvalue weighted by molar-refractivity contribution is 6.33. The van der Waals surface area contributed by atoms with Crippen molar-refractivity contribution in [2.24, 2.45) is 4.99 Å². The van der Waals surface area contributed by atoms with E-state index >= 15 is 0 Å². The maximum atomic E-state index is 13.1. The molecule has 2 bridgehead atoms. The van der Waals surface area contributed by atoms with Crippen LogP contribution < -0.4 is 9.80 Å². The van der Waals surface area contributed by atoms with E-state index in [-0.39, 0.29) is 24.1 Å². The molecule has 5 rings (SSSR count). The van der Waals surface area contributed by atoms with Crippen molar-refractivity contribution in [1.29, 1.82) is 0 Å². The van der Waals surface area contributed by atoms with Gasteiger partial charge in [0.05, 0.1) is 35.0 Å². The molecule has 1 aromatic carbocycles. The number of amidine groups is 1. The summed E-state index contributed by atoms with van der Waals surface area (Å²) in [6.07, 6.45) is 4.85. The number of morpholine rings is 1. The second-order valence-corrected chi connectivity index (χ2v) is 11.3. The third-order valence-corrected chi connectivity index (χ3v) is 8.77. The molecule has 3 saturated heterocycles. The number of aryl methyl sites for hydroxylation is 2. The van der Waals surface area contributed by atoms with E-state index in [1.165, 1.54) is 6.08 Å². The Labute approximate surface area is 247 Å². The topological polar surface area (TPSA) is 81.6 Å². The lowest BCUT2D eigenvalue weighted by Gasteiger charge is -2.42. The molecule has 2 aromatic rings. The Bertz CT molecular complexity index is 1340. The van der Waals surface area contributed by atoms with Gasteiger partial charge in [0.1, 0.15) is 11.7 Å². The number of aromatic nitrogens is 1. The Morgan fingerprint density at radius 1 is 1.24 bits per heavy atom. The van der Waals surface area contributed by atoms with Gasteiger partial charge in [0.25, 0.3) is 0 Å². The molecule has 3 unspecified atom stereocenters. The first-order valence-corrected chi connectivity index (χ1v) is 14.8. The Balaban J connectivity index is 1.65. The van der Waals surface area contributed by atoms with Crippen molar-refractivity contribution in [3.05, 3.63) is 58.6 Å². The summed E-state index contributed by atoms with van der Waals surface area (Å²) in [4.78, 5) is 43.1. The second kappa shape index (κ2) is 12.2. The van der Waals surface area contributed by atoms with Crippen LogP contribution in [0.5, 0.6) is 0 Å². The number of aliphatic imine (C=N–C) groups is 1. The summed E-state index contributed by atoms with van der Waals surface area (Å²) in [5.74, 6) is 1.76.